The summed E-state index contributed by atoms with van der Waals surface area (Å²) in [6.07, 6.45) is 0. The summed E-state index contributed by atoms with van der Waals surface area (Å²) in [7, 11) is 0. The third-order valence-corrected chi connectivity index (χ3v) is 2.58. The summed E-state index contributed by atoms with van der Waals surface area (Å²) in [4.78, 5) is 22.8. The minimum absolute atomic E-state index is 0.0362. The van der Waals surface area contributed by atoms with E-state index in [0.717, 1.165) is 0 Å². The Hall–Kier alpha value is -2.82. The van der Waals surface area contributed by atoms with Crippen LogP contribution in [0.15, 0.2) is 48.5 Å². The molecular formula is C14H12N2O3. The number of nitrogen functional groups attached to an aromatic ring is 1. The Morgan fingerprint density at radius 1 is 1.05 bits per heavy atom. The summed E-state index contributed by atoms with van der Waals surface area (Å²) in [5.74, 6) is -1.44. The molecule has 0 spiro atoms. The Morgan fingerprint density at radius 3 is 2.37 bits per heavy atom. The maximum absolute atomic E-state index is 11.9. The van der Waals surface area contributed by atoms with Gasteiger partial charge in [-0.05, 0) is 30.3 Å². The van der Waals surface area contributed by atoms with Crippen molar-refractivity contribution in [3.05, 3.63) is 59.7 Å². The van der Waals surface area contributed by atoms with Gasteiger partial charge in [-0.25, -0.2) is 4.79 Å². The van der Waals surface area contributed by atoms with Crippen LogP contribution < -0.4 is 11.1 Å². The van der Waals surface area contributed by atoms with Gasteiger partial charge in [0.2, 0.25) is 0 Å². The van der Waals surface area contributed by atoms with Gasteiger partial charge in [-0.15, -0.1) is 0 Å². The van der Waals surface area contributed by atoms with Crippen molar-refractivity contribution in [1.29, 1.82) is 0 Å². The molecule has 0 radical (unpaired) electrons. The summed E-state index contributed by atoms with van der Waals surface area (Å²) >= 11 is 0. The van der Waals surface area contributed by atoms with Crippen molar-refractivity contribution in [2.45, 2.75) is 0 Å². The number of nitrogens with two attached hydrogens (primary N) is 1. The normalized spacial score (nSPS) is 9.89. The van der Waals surface area contributed by atoms with Crippen molar-refractivity contribution in [2.75, 3.05) is 11.1 Å². The number of amides is 1. The van der Waals surface area contributed by atoms with Gasteiger partial charge in [-0.3, -0.25) is 4.79 Å². The van der Waals surface area contributed by atoms with E-state index in [0.29, 0.717) is 11.3 Å². The van der Waals surface area contributed by atoms with Gasteiger partial charge in [0, 0.05) is 16.9 Å². The van der Waals surface area contributed by atoms with E-state index in [2.05, 4.69) is 5.32 Å². The largest absolute Gasteiger partial charge is 0.478 e. The van der Waals surface area contributed by atoms with Crippen LogP contribution >= 0.6 is 0 Å². The molecule has 19 heavy (non-hydrogen) atoms. The topological polar surface area (TPSA) is 92.4 Å². The van der Waals surface area contributed by atoms with Crippen molar-refractivity contribution < 1.29 is 14.7 Å². The second-order valence-electron chi connectivity index (χ2n) is 3.93. The number of carboxylic acids is 1. The van der Waals surface area contributed by atoms with Crippen molar-refractivity contribution in [2.24, 2.45) is 0 Å². The summed E-state index contributed by atoms with van der Waals surface area (Å²) < 4.78 is 0. The first-order chi connectivity index (χ1) is 9.08. The van der Waals surface area contributed by atoms with Crippen LogP contribution in [0.25, 0.3) is 0 Å². The van der Waals surface area contributed by atoms with Crippen LogP contribution in [0.4, 0.5) is 11.4 Å². The molecule has 2 aromatic rings. The smallest absolute Gasteiger partial charge is 0.337 e. The van der Waals surface area contributed by atoms with E-state index in [9.17, 15) is 9.59 Å². The number of carboxylic acid groups (broad SMARTS) is 1. The van der Waals surface area contributed by atoms with Crippen molar-refractivity contribution >= 4 is 23.3 Å². The second-order valence-corrected chi connectivity index (χ2v) is 3.93. The average Bonchev–Trinajstić information content (AvgIpc) is 2.41. The molecular weight excluding hydrogens is 244 g/mol. The molecule has 0 aliphatic rings. The summed E-state index contributed by atoms with van der Waals surface area (Å²) in [5, 5.41) is 11.6. The van der Waals surface area contributed by atoms with Gasteiger partial charge in [0.1, 0.15) is 0 Å². The number of benzene rings is 2. The lowest BCUT2D eigenvalue weighted by atomic mass is 10.1. The Kier molecular flexibility index (Phi) is 3.47. The second kappa shape index (κ2) is 5.22. The third kappa shape index (κ3) is 2.90. The van der Waals surface area contributed by atoms with Crippen molar-refractivity contribution in [3.63, 3.8) is 0 Å². The van der Waals surface area contributed by atoms with E-state index in [1.165, 1.54) is 12.1 Å². The number of hydrogen-bond donors (Lipinski definition) is 3. The van der Waals surface area contributed by atoms with Crippen molar-refractivity contribution in [1.82, 2.24) is 0 Å². The van der Waals surface area contributed by atoms with Crippen molar-refractivity contribution in [3.8, 4) is 0 Å². The van der Waals surface area contributed by atoms with Crippen LogP contribution in [0.1, 0.15) is 20.7 Å². The van der Waals surface area contributed by atoms with Gasteiger partial charge >= 0.3 is 5.97 Å². The van der Waals surface area contributed by atoms with E-state index in [-0.39, 0.29) is 17.2 Å². The minimum atomic E-state index is -1.13. The monoisotopic (exact) mass is 256 g/mol. The predicted octanol–water partition coefficient (Wildman–Crippen LogP) is 2.22. The van der Waals surface area contributed by atoms with E-state index in [1.807, 2.05) is 6.07 Å². The van der Waals surface area contributed by atoms with Gasteiger partial charge in [0.25, 0.3) is 5.91 Å². The van der Waals surface area contributed by atoms with Gasteiger partial charge in [0.05, 0.1) is 5.56 Å². The van der Waals surface area contributed by atoms with Crippen LogP contribution in [-0.4, -0.2) is 17.0 Å². The highest BCUT2D eigenvalue weighted by Crippen LogP contribution is 2.18. The molecule has 2 aromatic carbocycles. The number of aromatic carboxylic acids is 1. The Balaban J connectivity index is 2.23. The quantitative estimate of drug-likeness (QED) is 0.734. The summed E-state index contributed by atoms with van der Waals surface area (Å²) in [5.41, 5.74) is 6.55. The van der Waals surface area contributed by atoms with E-state index in [1.54, 1.807) is 30.3 Å². The molecule has 5 heteroatoms. The standard InChI is InChI=1S/C14H12N2O3/c15-12-7-6-10(8-11(12)14(18)19)16-13(17)9-4-2-1-3-5-9/h1-8H,15H2,(H,16,17)(H,18,19). The average molecular weight is 256 g/mol. The molecule has 0 bridgehead atoms. The first-order valence-corrected chi connectivity index (χ1v) is 5.57. The molecule has 4 N–H and O–H groups in total. The molecule has 0 aliphatic carbocycles. The molecule has 0 heterocycles. The molecule has 0 aliphatic heterocycles. The fourth-order valence-corrected chi connectivity index (χ4v) is 1.61. The maximum atomic E-state index is 11.9. The zero-order valence-electron chi connectivity index (χ0n) is 9.96. The molecule has 96 valence electrons. The fraction of sp³-hybridized carbons (Fsp3) is 0. The molecule has 1 amide bonds. The lowest BCUT2D eigenvalue weighted by Crippen LogP contribution is -2.12. The SMILES string of the molecule is Nc1ccc(NC(=O)c2ccccc2)cc1C(=O)O. The zero-order chi connectivity index (χ0) is 13.8. The Bertz CT molecular complexity index is 624. The van der Waals surface area contributed by atoms with Crippen LogP contribution in [0, 0.1) is 0 Å². The summed E-state index contributed by atoms with van der Waals surface area (Å²) in [6, 6.07) is 13.0. The molecule has 0 aromatic heterocycles. The molecule has 5 nitrogen and oxygen atoms in total. The minimum Gasteiger partial charge on any atom is -0.478 e. The van der Waals surface area contributed by atoms with E-state index in [4.69, 9.17) is 10.8 Å². The predicted molar refractivity (Wildman–Crippen MR) is 72.2 cm³/mol. The highest BCUT2D eigenvalue weighted by atomic mass is 16.4. The number of nitrogens with one attached hydrogen (secondary N) is 1. The molecule has 2 rings (SSSR count). The third-order valence-electron chi connectivity index (χ3n) is 2.58. The van der Waals surface area contributed by atoms with E-state index >= 15 is 0 Å². The maximum Gasteiger partial charge on any atom is 0.337 e. The Labute approximate surface area is 109 Å². The Morgan fingerprint density at radius 2 is 1.74 bits per heavy atom. The number of rotatable bonds is 3. The molecule has 0 saturated carbocycles. The molecule has 0 atom stereocenters. The molecule has 0 fully saturated rings. The number of carbonyl (C=O) groups excluding carboxylic acids is 1. The van der Waals surface area contributed by atoms with Crippen LogP contribution in [0.2, 0.25) is 0 Å². The van der Waals surface area contributed by atoms with Crippen LogP contribution in [0.3, 0.4) is 0 Å². The lowest BCUT2D eigenvalue weighted by Gasteiger charge is -2.07. The van der Waals surface area contributed by atoms with Gasteiger partial charge in [0.15, 0.2) is 0 Å². The molecule has 0 unspecified atom stereocenters. The number of carbonyl (C=O) groups is 2. The lowest BCUT2D eigenvalue weighted by molar-refractivity contribution is 0.0697. The van der Waals surface area contributed by atoms with Crippen LogP contribution in [-0.2, 0) is 0 Å². The fourth-order valence-electron chi connectivity index (χ4n) is 1.61. The first-order valence-electron chi connectivity index (χ1n) is 5.57. The van der Waals surface area contributed by atoms with Crippen LogP contribution in [0.5, 0.6) is 0 Å². The zero-order valence-corrected chi connectivity index (χ0v) is 9.96. The van der Waals surface area contributed by atoms with E-state index < -0.39 is 5.97 Å². The first kappa shape index (κ1) is 12.6. The number of hydrogen-bond acceptors (Lipinski definition) is 3. The summed E-state index contributed by atoms with van der Waals surface area (Å²) in [6.45, 7) is 0. The highest BCUT2D eigenvalue weighted by Gasteiger charge is 2.10. The highest BCUT2D eigenvalue weighted by molar-refractivity contribution is 6.05. The van der Waals surface area contributed by atoms with Gasteiger partial charge < -0.3 is 16.2 Å². The molecule has 0 saturated heterocycles. The van der Waals surface area contributed by atoms with Gasteiger partial charge in [-0.1, -0.05) is 18.2 Å². The number of anilines is 2. The van der Waals surface area contributed by atoms with Gasteiger partial charge in [-0.2, -0.15) is 0 Å².